The summed E-state index contributed by atoms with van der Waals surface area (Å²) in [6.45, 7) is 0.415. The Morgan fingerprint density at radius 1 is 0.909 bits per heavy atom. The van der Waals surface area contributed by atoms with Crippen molar-refractivity contribution in [3.05, 3.63) is 112 Å². The molecule has 5 aromatic rings. The number of ether oxygens (including phenoxy) is 1. The standard InChI is InChI=1S/C27H19BrN2O3/c28-23-11-12-24(32-17-18-9-10-19-5-1-2-6-20(19)13-18)22(14-23)16-29-30-27(31)26-15-21-7-3-4-8-25(21)33-26/h1-16H,17H2,(H,30,31)/b29-16+. The number of hydrazone groups is 1. The Bertz CT molecular complexity index is 1460. The van der Waals surface area contributed by atoms with Crippen LogP contribution in [0.2, 0.25) is 0 Å². The maximum Gasteiger partial charge on any atom is 0.307 e. The highest BCUT2D eigenvalue weighted by atomic mass is 79.9. The van der Waals surface area contributed by atoms with Gasteiger partial charge in [0.1, 0.15) is 17.9 Å². The molecule has 0 bridgehead atoms. The summed E-state index contributed by atoms with van der Waals surface area (Å²) in [6, 6.07) is 29.3. The molecule has 0 unspecified atom stereocenters. The molecular formula is C27H19BrN2O3. The zero-order valence-corrected chi connectivity index (χ0v) is 19.1. The zero-order chi connectivity index (χ0) is 22.6. The molecule has 0 aliphatic heterocycles. The van der Waals surface area contributed by atoms with Gasteiger partial charge >= 0.3 is 5.91 Å². The maximum absolute atomic E-state index is 12.4. The minimum Gasteiger partial charge on any atom is -0.488 e. The lowest BCUT2D eigenvalue weighted by atomic mass is 10.1. The number of para-hydroxylation sites is 1. The number of carbonyl (C=O) groups is 1. The minimum atomic E-state index is -0.420. The molecule has 0 saturated heterocycles. The molecule has 6 heteroatoms. The minimum absolute atomic E-state index is 0.204. The van der Waals surface area contributed by atoms with Gasteiger partial charge in [-0.3, -0.25) is 4.79 Å². The largest absolute Gasteiger partial charge is 0.488 e. The molecule has 1 aromatic heterocycles. The van der Waals surface area contributed by atoms with Crippen molar-refractivity contribution >= 4 is 49.8 Å². The van der Waals surface area contributed by atoms with Gasteiger partial charge in [0.15, 0.2) is 5.76 Å². The van der Waals surface area contributed by atoms with E-state index < -0.39 is 5.91 Å². The predicted molar refractivity (Wildman–Crippen MR) is 134 cm³/mol. The van der Waals surface area contributed by atoms with E-state index in [0.29, 0.717) is 17.9 Å². The third-order valence-corrected chi connectivity index (χ3v) is 5.69. The Morgan fingerprint density at radius 2 is 1.70 bits per heavy atom. The third-order valence-electron chi connectivity index (χ3n) is 5.20. The maximum atomic E-state index is 12.4. The highest BCUT2D eigenvalue weighted by Crippen LogP contribution is 2.24. The second-order valence-electron chi connectivity index (χ2n) is 7.50. The van der Waals surface area contributed by atoms with E-state index in [0.717, 1.165) is 21.0 Å². The van der Waals surface area contributed by atoms with Crippen LogP contribution in [-0.4, -0.2) is 12.1 Å². The summed E-state index contributed by atoms with van der Waals surface area (Å²) < 4.78 is 12.5. The van der Waals surface area contributed by atoms with Gasteiger partial charge in [-0.1, -0.05) is 70.5 Å². The first-order valence-corrected chi connectivity index (χ1v) is 11.2. The second-order valence-corrected chi connectivity index (χ2v) is 8.42. The molecule has 0 fully saturated rings. The summed E-state index contributed by atoms with van der Waals surface area (Å²) in [5, 5.41) is 7.33. The van der Waals surface area contributed by atoms with Crippen LogP contribution >= 0.6 is 15.9 Å². The lowest BCUT2D eigenvalue weighted by Crippen LogP contribution is -2.16. The van der Waals surface area contributed by atoms with Crippen LogP contribution < -0.4 is 10.2 Å². The van der Waals surface area contributed by atoms with Gasteiger partial charge in [0, 0.05) is 15.4 Å². The molecule has 0 spiro atoms. The van der Waals surface area contributed by atoms with Gasteiger partial charge in [0.05, 0.1) is 6.21 Å². The van der Waals surface area contributed by atoms with Crippen LogP contribution in [0.1, 0.15) is 21.7 Å². The van der Waals surface area contributed by atoms with E-state index in [-0.39, 0.29) is 5.76 Å². The van der Waals surface area contributed by atoms with E-state index in [9.17, 15) is 4.79 Å². The summed E-state index contributed by atoms with van der Waals surface area (Å²) >= 11 is 3.48. The molecule has 4 aromatic carbocycles. The second kappa shape index (κ2) is 9.30. The van der Waals surface area contributed by atoms with Crippen molar-refractivity contribution < 1.29 is 13.9 Å². The molecule has 5 nitrogen and oxygen atoms in total. The summed E-state index contributed by atoms with van der Waals surface area (Å²) in [6.07, 6.45) is 1.56. The fraction of sp³-hybridized carbons (Fsp3) is 0.0370. The van der Waals surface area contributed by atoms with Gasteiger partial charge in [0.25, 0.3) is 0 Å². The highest BCUT2D eigenvalue weighted by Gasteiger charge is 2.11. The van der Waals surface area contributed by atoms with Crippen molar-refractivity contribution in [2.45, 2.75) is 6.61 Å². The number of hydrogen-bond donors (Lipinski definition) is 1. The number of fused-ring (bicyclic) bond motifs is 2. The zero-order valence-electron chi connectivity index (χ0n) is 17.5. The Balaban J connectivity index is 1.29. The summed E-state index contributed by atoms with van der Waals surface area (Å²) in [5.74, 6) is 0.444. The molecule has 0 aliphatic carbocycles. The van der Waals surface area contributed by atoms with E-state index in [1.807, 2.05) is 54.6 Å². The average Bonchev–Trinajstić information content (AvgIpc) is 3.28. The van der Waals surface area contributed by atoms with Crippen molar-refractivity contribution in [3.8, 4) is 5.75 Å². The Morgan fingerprint density at radius 3 is 2.55 bits per heavy atom. The van der Waals surface area contributed by atoms with E-state index in [1.54, 1.807) is 12.3 Å². The molecule has 0 atom stereocenters. The van der Waals surface area contributed by atoms with Crippen LogP contribution in [0, 0.1) is 0 Å². The number of nitrogens with zero attached hydrogens (tertiary/aromatic N) is 1. The number of amides is 1. The normalized spacial score (nSPS) is 11.3. The van der Waals surface area contributed by atoms with E-state index >= 15 is 0 Å². The van der Waals surface area contributed by atoms with Gasteiger partial charge in [-0.05, 0) is 52.7 Å². The van der Waals surface area contributed by atoms with Crippen LogP contribution in [0.3, 0.4) is 0 Å². The topological polar surface area (TPSA) is 63.8 Å². The fourth-order valence-corrected chi connectivity index (χ4v) is 3.93. The number of hydrogen-bond acceptors (Lipinski definition) is 4. The highest BCUT2D eigenvalue weighted by molar-refractivity contribution is 9.10. The number of halogens is 1. The lowest BCUT2D eigenvalue weighted by Gasteiger charge is -2.10. The Hall–Kier alpha value is -3.90. The van der Waals surface area contributed by atoms with Crippen molar-refractivity contribution in [1.82, 2.24) is 5.43 Å². The molecule has 0 saturated carbocycles. The third kappa shape index (κ3) is 4.81. The predicted octanol–water partition coefficient (Wildman–Crippen LogP) is 6.69. The van der Waals surface area contributed by atoms with E-state index in [2.05, 4.69) is 56.8 Å². The summed E-state index contributed by atoms with van der Waals surface area (Å²) in [4.78, 5) is 12.4. The van der Waals surface area contributed by atoms with Crippen LogP contribution in [-0.2, 0) is 6.61 Å². The number of furan rings is 1. The molecule has 162 valence electrons. The van der Waals surface area contributed by atoms with Crippen LogP contribution in [0.15, 0.2) is 105 Å². The van der Waals surface area contributed by atoms with Crippen LogP contribution in [0.5, 0.6) is 5.75 Å². The molecule has 0 radical (unpaired) electrons. The molecule has 1 heterocycles. The number of nitrogens with one attached hydrogen (secondary N) is 1. The summed E-state index contributed by atoms with van der Waals surface area (Å²) in [5.41, 5.74) is 4.97. The van der Waals surface area contributed by atoms with Crippen LogP contribution in [0.4, 0.5) is 0 Å². The van der Waals surface area contributed by atoms with Gasteiger partial charge in [-0.2, -0.15) is 5.10 Å². The number of rotatable bonds is 6. The van der Waals surface area contributed by atoms with Crippen molar-refractivity contribution in [2.75, 3.05) is 0 Å². The molecule has 5 rings (SSSR count). The molecule has 1 N–H and O–H groups in total. The first-order chi connectivity index (χ1) is 16.2. The quantitative estimate of drug-likeness (QED) is 0.209. The van der Waals surface area contributed by atoms with Gasteiger partial charge in [0.2, 0.25) is 0 Å². The van der Waals surface area contributed by atoms with Crippen molar-refractivity contribution in [1.29, 1.82) is 0 Å². The van der Waals surface area contributed by atoms with Gasteiger partial charge < -0.3 is 9.15 Å². The summed E-state index contributed by atoms with van der Waals surface area (Å²) in [7, 11) is 0. The molecular weight excluding hydrogens is 480 g/mol. The molecule has 33 heavy (non-hydrogen) atoms. The molecule has 0 aliphatic rings. The monoisotopic (exact) mass is 498 g/mol. The van der Waals surface area contributed by atoms with Crippen molar-refractivity contribution in [3.63, 3.8) is 0 Å². The molecule has 1 amide bonds. The Labute approximate surface area is 198 Å². The number of benzene rings is 4. The average molecular weight is 499 g/mol. The SMILES string of the molecule is O=C(N/N=C/c1cc(Br)ccc1OCc1ccc2ccccc2c1)c1cc2ccccc2o1. The van der Waals surface area contributed by atoms with Gasteiger partial charge in [-0.25, -0.2) is 5.43 Å². The van der Waals surface area contributed by atoms with E-state index in [1.165, 1.54) is 10.8 Å². The smallest absolute Gasteiger partial charge is 0.307 e. The first-order valence-electron chi connectivity index (χ1n) is 10.4. The van der Waals surface area contributed by atoms with E-state index in [4.69, 9.17) is 9.15 Å². The van der Waals surface area contributed by atoms with Crippen molar-refractivity contribution in [2.24, 2.45) is 5.10 Å². The van der Waals surface area contributed by atoms with Gasteiger partial charge in [-0.15, -0.1) is 0 Å². The fourth-order valence-electron chi connectivity index (χ4n) is 3.55. The Kier molecular flexibility index (Phi) is 5.91. The number of carbonyl (C=O) groups excluding carboxylic acids is 1. The van der Waals surface area contributed by atoms with Crippen LogP contribution in [0.25, 0.3) is 21.7 Å². The first kappa shape index (κ1) is 21.0. The lowest BCUT2D eigenvalue weighted by molar-refractivity contribution is 0.0929.